The average Bonchev–Trinajstić information content (AvgIpc) is 2.54. The SMILES string of the molecule is CCO[Si](C)(CNC(=O)Nc1c(F)c(F)c(F)c(F)c1F)OCC. The van der Waals surface area contributed by atoms with Crippen LogP contribution in [0.2, 0.25) is 6.55 Å². The highest BCUT2D eigenvalue weighted by molar-refractivity contribution is 6.66. The summed E-state index contributed by atoms with van der Waals surface area (Å²) in [6.07, 6.45) is -0.0874. The molecular formula is C13H17F5N2O3Si. The first-order chi connectivity index (χ1) is 11.2. The van der Waals surface area contributed by atoms with Crippen LogP contribution in [0.4, 0.5) is 32.4 Å². The molecule has 2 amide bonds. The lowest BCUT2D eigenvalue weighted by Gasteiger charge is -2.26. The summed E-state index contributed by atoms with van der Waals surface area (Å²) in [5.41, 5.74) is -1.43. The lowest BCUT2D eigenvalue weighted by atomic mass is 10.2. The van der Waals surface area contributed by atoms with Crippen LogP contribution in [-0.2, 0) is 8.85 Å². The van der Waals surface area contributed by atoms with E-state index < -0.39 is 49.4 Å². The number of urea groups is 1. The Hall–Kier alpha value is -1.72. The van der Waals surface area contributed by atoms with Gasteiger partial charge in [0.15, 0.2) is 23.3 Å². The number of nitrogens with one attached hydrogen (secondary N) is 2. The molecule has 0 heterocycles. The molecule has 11 heteroatoms. The van der Waals surface area contributed by atoms with E-state index in [0.717, 1.165) is 0 Å². The minimum atomic E-state index is -2.75. The molecule has 2 N–H and O–H groups in total. The molecule has 0 radical (unpaired) electrons. The number of benzene rings is 1. The molecule has 0 aliphatic carbocycles. The molecule has 0 saturated carbocycles. The minimum absolute atomic E-state index is 0.0874. The molecule has 0 aromatic heterocycles. The van der Waals surface area contributed by atoms with Gasteiger partial charge in [-0.1, -0.05) is 0 Å². The van der Waals surface area contributed by atoms with Crippen LogP contribution in [0.5, 0.6) is 0 Å². The zero-order valence-electron chi connectivity index (χ0n) is 13.2. The van der Waals surface area contributed by atoms with Crippen LogP contribution in [-0.4, -0.2) is 34.0 Å². The maximum Gasteiger partial charge on any atom is 0.354 e. The van der Waals surface area contributed by atoms with Crippen LogP contribution in [0.25, 0.3) is 0 Å². The number of amides is 2. The van der Waals surface area contributed by atoms with Gasteiger partial charge in [-0.2, -0.15) is 0 Å². The van der Waals surface area contributed by atoms with Gasteiger partial charge < -0.3 is 19.5 Å². The third kappa shape index (κ3) is 4.64. The number of carbonyl (C=O) groups excluding carboxylic acids is 1. The summed E-state index contributed by atoms with van der Waals surface area (Å²) in [4.78, 5) is 11.7. The van der Waals surface area contributed by atoms with Gasteiger partial charge in [-0.05, 0) is 20.4 Å². The Morgan fingerprint density at radius 3 is 1.75 bits per heavy atom. The Labute approximate surface area is 136 Å². The first kappa shape index (κ1) is 20.3. The monoisotopic (exact) mass is 372 g/mol. The van der Waals surface area contributed by atoms with Crippen molar-refractivity contribution in [1.82, 2.24) is 5.32 Å². The molecule has 0 spiro atoms. The molecule has 0 atom stereocenters. The summed E-state index contributed by atoms with van der Waals surface area (Å²) in [5, 5.41) is 3.85. The lowest BCUT2D eigenvalue weighted by molar-refractivity contribution is 0.187. The van der Waals surface area contributed by atoms with E-state index in [0.29, 0.717) is 13.2 Å². The molecule has 1 rings (SSSR count). The molecule has 0 bridgehead atoms. The average molecular weight is 372 g/mol. The fraction of sp³-hybridized carbons (Fsp3) is 0.462. The first-order valence-electron chi connectivity index (χ1n) is 7.01. The molecule has 0 saturated heterocycles. The normalized spacial score (nSPS) is 11.5. The highest BCUT2D eigenvalue weighted by Crippen LogP contribution is 2.26. The van der Waals surface area contributed by atoms with Crippen molar-refractivity contribution >= 4 is 20.3 Å². The second kappa shape index (κ2) is 8.40. The Balaban J connectivity index is 2.86. The maximum atomic E-state index is 13.5. The van der Waals surface area contributed by atoms with Gasteiger partial charge in [-0.3, -0.25) is 0 Å². The second-order valence-electron chi connectivity index (χ2n) is 4.75. The summed E-state index contributed by atoms with van der Waals surface area (Å²) in [7, 11) is -2.75. The van der Waals surface area contributed by atoms with Crippen LogP contribution < -0.4 is 10.6 Å². The van der Waals surface area contributed by atoms with Crippen molar-refractivity contribution in [2.45, 2.75) is 20.4 Å². The van der Waals surface area contributed by atoms with E-state index in [-0.39, 0.29) is 6.17 Å². The Bertz CT molecular complexity index is 583. The van der Waals surface area contributed by atoms with Gasteiger partial charge in [0.05, 0.1) is 6.17 Å². The number of anilines is 1. The summed E-state index contributed by atoms with van der Waals surface area (Å²) >= 11 is 0. The van der Waals surface area contributed by atoms with Crippen LogP contribution in [0.3, 0.4) is 0 Å². The van der Waals surface area contributed by atoms with Crippen LogP contribution in [0.15, 0.2) is 0 Å². The molecule has 1 aromatic carbocycles. The van der Waals surface area contributed by atoms with Gasteiger partial charge in [0.25, 0.3) is 0 Å². The molecular weight excluding hydrogens is 355 g/mol. The highest BCUT2D eigenvalue weighted by atomic mass is 28.4. The van der Waals surface area contributed by atoms with Crippen LogP contribution in [0, 0.1) is 29.1 Å². The van der Waals surface area contributed by atoms with Gasteiger partial charge in [0, 0.05) is 13.2 Å². The second-order valence-corrected chi connectivity index (χ2v) is 7.95. The van der Waals surface area contributed by atoms with Crippen LogP contribution >= 0.6 is 0 Å². The van der Waals surface area contributed by atoms with Gasteiger partial charge in [0.1, 0.15) is 5.69 Å². The summed E-state index contributed by atoms with van der Waals surface area (Å²) in [6.45, 7) is 5.74. The predicted octanol–water partition coefficient (Wildman–Crippen LogP) is 3.19. The number of carbonyl (C=O) groups is 1. The smallest absolute Gasteiger partial charge is 0.354 e. The Morgan fingerprint density at radius 2 is 1.33 bits per heavy atom. The fourth-order valence-corrected chi connectivity index (χ4v) is 3.86. The number of halogens is 5. The van der Waals surface area contributed by atoms with Crippen molar-refractivity contribution in [2.24, 2.45) is 0 Å². The van der Waals surface area contributed by atoms with Crippen molar-refractivity contribution < 1.29 is 35.6 Å². The molecule has 0 aliphatic heterocycles. The summed E-state index contributed by atoms with van der Waals surface area (Å²) in [6, 6.07) is -1.16. The van der Waals surface area contributed by atoms with E-state index in [9.17, 15) is 26.7 Å². The Kier molecular flexibility index (Phi) is 7.11. The molecule has 0 fully saturated rings. The fourth-order valence-electron chi connectivity index (χ4n) is 1.87. The van der Waals surface area contributed by atoms with Crippen molar-refractivity contribution in [2.75, 3.05) is 24.7 Å². The zero-order valence-corrected chi connectivity index (χ0v) is 14.2. The predicted molar refractivity (Wildman–Crippen MR) is 78.1 cm³/mol. The van der Waals surface area contributed by atoms with Crippen molar-refractivity contribution in [3.63, 3.8) is 0 Å². The van der Waals surface area contributed by atoms with Crippen molar-refractivity contribution in [3.8, 4) is 0 Å². The topological polar surface area (TPSA) is 59.6 Å². The summed E-state index contributed by atoms with van der Waals surface area (Å²) in [5.74, 6) is -10.9. The zero-order chi connectivity index (χ0) is 18.5. The third-order valence-electron chi connectivity index (χ3n) is 2.92. The van der Waals surface area contributed by atoms with Crippen LogP contribution in [0.1, 0.15) is 13.8 Å². The van der Waals surface area contributed by atoms with Gasteiger partial charge in [-0.25, -0.2) is 26.7 Å². The van der Waals surface area contributed by atoms with Gasteiger partial charge in [0.2, 0.25) is 5.82 Å². The maximum absolute atomic E-state index is 13.5. The quantitative estimate of drug-likeness (QED) is 0.335. The van der Waals surface area contributed by atoms with E-state index >= 15 is 0 Å². The molecule has 5 nitrogen and oxygen atoms in total. The number of rotatable bonds is 7. The molecule has 0 unspecified atom stereocenters. The van der Waals surface area contributed by atoms with Crippen molar-refractivity contribution in [3.05, 3.63) is 29.1 Å². The number of hydrogen-bond donors (Lipinski definition) is 2. The highest BCUT2D eigenvalue weighted by Gasteiger charge is 2.32. The third-order valence-corrected chi connectivity index (χ3v) is 5.54. The molecule has 0 aliphatic rings. The van der Waals surface area contributed by atoms with Gasteiger partial charge in [-0.15, -0.1) is 0 Å². The molecule has 136 valence electrons. The van der Waals surface area contributed by atoms with E-state index in [4.69, 9.17) is 8.85 Å². The largest absolute Gasteiger partial charge is 0.394 e. The van der Waals surface area contributed by atoms with Gasteiger partial charge >= 0.3 is 14.6 Å². The first-order valence-corrected chi connectivity index (χ1v) is 9.53. The lowest BCUT2D eigenvalue weighted by Crippen LogP contribution is -2.51. The summed E-state index contributed by atoms with van der Waals surface area (Å²) < 4.78 is 76.9. The standard InChI is InChI=1S/C13H17F5N2O3Si/c1-4-22-24(3,23-5-2)6-19-13(21)20-12-10(17)8(15)7(14)9(16)11(12)18/h4-6H2,1-3H3,(H2,19,20,21). The Morgan fingerprint density at radius 1 is 0.917 bits per heavy atom. The van der Waals surface area contributed by atoms with E-state index in [1.54, 1.807) is 25.7 Å². The van der Waals surface area contributed by atoms with E-state index in [2.05, 4.69) is 5.32 Å². The molecule has 24 heavy (non-hydrogen) atoms. The van der Waals surface area contributed by atoms with E-state index in [1.165, 1.54) is 0 Å². The minimum Gasteiger partial charge on any atom is -0.394 e. The van der Waals surface area contributed by atoms with Crippen molar-refractivity contribution in [1.29, 1.82) is 0 Å². The number of hydrogen-bond acceptors (Lipinski definition) is 3. The molecule has 1 aromatic rings. The van der Waals surface area contributed by atoms with E-state index in [1.807, 2.05) is 0 Å².